The molecule has 1 aromatic heterocycles. The highest BCUT2D eigenvalue weighted by atomic mass is 16.5. The standard InChI is InChI=1S/C21H23NO7/c1-4-28-20(25)15-9-13-11-7-6-8-12(19(24)27-3)17(11)22-18(23)14(13)10-16(15)21(26)29-5-2/h6-8,15-16H,4-5,9-10H2,1-3H3,(H,22,23). The summed E-state index contributed by atoms with van der Waals surface area (Å²) in [5, 5.41) is 0.638. The molecule has 0 saturated heterocycles. The van der Waals surface area contributed by atoms with Gasteiger partial charge in [-0.2, -0.15) is 0 Å². The van der Waals surface area contributed by atoms with Crippen molar-refractivity contribution in [1.82, 2.24) is 4.98 Å². The van der Waals surface area contributed by atoms with Crippen LogP contribution in [0.4, 0.5) is 0 Å². The van der Waals surface area contributed by atoms with E-state index in [4.69, 9.17) is 14.2 Å². The number of benzene rings is 1. The second-order valence-corrected chi connectivity index (χ2v) is 6.76. The lowest BCUT2D eigenvalue weighted by Gasteiger charge is -2.30. The van der Waals surface area contributed by atoms with Gasteiger partial charge in [-0.05, 0) is 38.3 Å². The van der Waals surface area contributed by atoms with Crippen molar-refractivity contribution in [2.24, 2.45) is 11.8 Å². The Labute approximate surface area is 167 Å². The lowest BCUT2D eigenvalue weighted by atomic mass is 9.75. The Hall–Kier alpha value is -3.16. The van der Waals surface area contributed by atoms with Crippen molar-refractivity contribution in [3.63, 3.8) is 0 Å². The van der Waals surface area contributed by atoms with Gasteiger partial charge in [0.1, 0.15) is 0 Å². The Morgan fingerprint density at radius 3 is 2.14 bits per heavy atom. The van der Waals surface area contributed by atoms with Gasteiger partial charge in [-0.1, -0.05) is 12.1 Å². The van der Waals surface area contributed by atoms with Gasteiger partial charge < -0.3 is 19.2 Å². The maximum Gasteiger partial charge on any atom is 0.339 e. The number of pyridine rings is 1. The number of esters is 3. The number of H-pyrrole nitrogens is 1. The van der Waals surface area contributed by atoms with E-state index in [2.05, 4.69) is 4.98 Å². The van der Waals surface area contributed by atoms with Crippen molar-refractivity contribution >= 4 is 28.8 Å². The zero-order valence-electron chi connectivity index (χ0n) is 16.6. The first kappa shape index (κ1) is 20.6. The van der Waals surface area contributed by atoms with Crippen molar-refractivity contribution in [2.75, 3.05) is 20.3 Å². The molecule has 1 heterocycles. The molecule has 1 N–H and O–H groups in total. The van der Waals surface area contributed by atoms with Gasteiger partial charge in [-0.3, -0.25) is 14.4 Å². The van der Waals surface area contributed by atoms with Gasteiger partial charge in [-0.15, -0.1) is 0 Å². The molecule has 1 aliphatic carbocycles. The molecule has 0 amide bonds. The van der Waals surface area contributed by atoms with Crippen molar-refractivity contribution in [3.8, 4) is 0 Å². The Bertz CT molecular complexity index is 1020. The predicted octanol–water partition coefficient (Wildman–Crippen LogP) is 1.77. The minimum absolute atomic E-state index is 0.0609. The van der Waals surface area contributed by atoms with Gasteiger partial charge >= 0.3 is 17.9 Å². The smallest absolute Gasteiger partial charge is 0.339 e. The summed E-state index contributed by atoms with van der Waals surface area (Å²) in [6.07, 6.45) is 0.202. The quantitative estimate of drug-likeness (QED) is 0.600. The third-order valence-electron chi connectivity index (χ3n) is 5.18. The summed E-state index contributed by atoms with van der Waals surface area (Å²) in [4.78, 5) is 52.7. The normalized spacial score (nSPS) is 18.0. The summed E-state index contributed by atoms with van der Waals surface area (Å²) >= 11 is 0. The van der Waals surface area contributed by atoms with Gasteiger partial charge in [0, 0.05) is 10.9 Å². The van der Waals surface area contributed by atoms with Crippen molar-refractivity contribution in [1.29, 1.82) is 0 Å². The molecule has 0 aliphatic heterocycles. The van der Waals surface area contributed by atoms with E-state index >= 15 is 0 Å². The van der Waals surface area contributed by atoms with Crippen LogP contribution in [-0.4, -0.2) is 43.2 Å². The molecule has 0 bridgehead atoms. The number of methoxy groups -OCH3 is 1. The van der Waals surface area contributed by atoms with E-state index in [1.807, 2.05) is 0 Å². The fourth-order valence-electron chi connectivity index (χ4n) is 3.87. The average molecular weight is 401 g/mol. The topological polar surface area (TPSA) is 112 Å². The number of para-hydroxylation sites is 1. The van der Waals surface area contributed by atoms with Crippen LogP contribution >= 0.6 is 0 Å². The number of hydrogen-bond donors (Lipinski definition) is 1. The number of carbonyl (C=O) groups is 3. The zero-order chi connectivity index (χ0) is 21.1. The molecule has 1 aromatic carbocycles. The fourth-order valence-corrected chi connectivity index (χ4v) is 3.87. The van der Waals surface area contributed by atoms with Crippen LogP contribution < -0.4 is 5.56 Å². The monoisotopic (exact) mass is 401 g/mol. The number of aromatic amines is 1. The molecule has 154 valence electrons. The summed E-state index contributed by atoms with van der Waals surface area (Å²) in [5.74, 6) is -3.18. The molecule has 2 aromatic rings. The average Bonchev–Trinajstić information content (AvgIpc) is 2.72. The van der Waals surface area contributed by atoms with E-state index in [1.165, 1.54) is 7.11 Å². The third-order valence-corrected chi connectivity index (χ3v) is 5.18. The van der Waals surface area contributed by atoms with E-state index in [-0.39, 0.29) is 31.6 Å². The van der Waals surface area contributed by atoms with Crippen LogP contribution in [0.3, 0.4) is 0 Å². The van der Waals surface area contributed by atoms with Crippen LogP contribution in [-0.2, 0) is 36.6 Å². The fraction of sp³-hybridized carbons (Fsp3) is 0.429. The molecular weight excluding hydrogens is 378 g/mol. The SMILES string of the molecule is CCOC(=O)C1Cc2c(c3cccc(C(=O)OC)c3[nH]c2=O)CC1C(=O)OCC. The van der Waals surface area contributed by atoms with Crippen LogP contribution in [0.2, 0.25) is 0 Å². The van der Waals surface area contributed by atoms with E-state index in [1.54, 1.807) is 32.0 Å². The summed E-state index contributed by atoms with van der Waals surface area (Å²) in [5.41, 5.74) is 1.22. The number of fused-ring (bicyclic) bond motifs is 3. The number of rotatable bonds is 5. The molecular formula is C21H23NO7. The summed E-state index contributed by atoms with van der Waals surface area (Å²) < 4.78 is 15.1. The minimum Gasteiger partial charge on any atom is -0.466 e. The van der Waals surface area contributed by atoms with Gasteiger partial charge in [0.2, 0.25) is 0 Å². The summed E-state index contributed by atoms with van der Waals surface area (Å²) in [7, 11) is 1.26. The highest BCUT2D eigenvalue weighted by Gasteiger charge is 2.41. The first-order chi connectivity index (χ1) is 13.9. The van der Waals surface area contributed by atoms with Gasteiger partial charge in [-0.25, -0.2) is 4.79 Å². The van der Waals surface area contributed by atoms with Gasteiger partial charge in [0.15, 0.2) is 0 Å². The van der Waals surface area contributed by atoms with Crippen molar-refractivity contribution < 1.29 is 28.6 Å². The molecule has 8 nitrogen and oxygen atoms in total. The number of aromatic nitrogens is 1. The van der Waals surface area contributed by atoms with Crippen LogP contribution in [0, 0.1) is 11.8 Å². The molecule has 8 heteroatoms. The summed E-state index contributed by atoms with van der Waals surface area (Å²) in [6, 6.07) is 5.01. The van der Waals surface area contributed by atoms with Crippen LogP contribution in [0.1, 0.15) is 35.3 Å². The number of nitrogens with one attached hydrogen (secondary N) is 1. The Morgan fingerprint density at radius 1 is 1.00 bits per heavy atom. The number of carbonyl (C=O) groups excluding carboxylic acids is 3. The molecule has 0 fully saturated rings. The van der Waals surface area contributed by atoms with Crippen LogP contribution in [0.15, 0.2) is 23.0 Å². The zero-order valence-corrected chi connectivity index (χ0v) is 16.6. The van der Waals surface area contributed by atoms with Crippen LogP contribution in [0.5, 0.6) is 0 Å². The first-order valence-electron chi connectivity index (χ1n) is 9.51. The van der Waals surface area contributed by atoms with Crippen molar-refractivity contribution in [2.45, 2.75) is 26.7 Å². The Morgan fingerprint density at radius 2 is 1.59 bits per heavy atom. The molecule has 0 radical (unpaired) electrons. The predicted molar refractivity (Wildman–Crippen MR) is 104 cm³/mol. The van der Waals surface area contributed by atoms with Crippen molar-refractivity contribution in [3.05, 3.63) is 45.2 Å². The second kappa shape index (κ2) is 8.46. The Kier molecular flexibility index (Phi) is 6.00. The molecule has 2 unspecified atom stereocenters. The molecule has 0 spiro atoms. The minimum atomic E-state index is -0.802. The van der Waals surface area contributed by atoms with E-state index < -0.39 is 35.3 Å². The maximum absolute atomic E-state index is 12.8. The molecule has 3 rings (SSSR count). The first-order valence-corrected chi connectivity index (χ1v) is 9.51. The van der Waals surface area contributed by atoms with E-state index in [9.17, 15) is 19.2 Å². The largest absolute Gasteiger partial charge is 0.466 e. The second-order valence-electron chi connectivity index (χ2n) is 6.76. The lowest BCUT2D eigenvalue weighted by molar-refractivity contribution is -0.160. The van der Waals surface area contributed by atoms with E-state index in [0.29, 0.717) is 22.0 Å². The highest BCUT2D eigenvalue weighted by Crippen LogP contribution is 2.34. The maximum atomic E-state index is 12.8. The Balaban J connectivity index is 2.18. The third kappa shape index (κ3) is 3.74. The lowest BCUT2D eigenvalue weighted by Crippen LogP contribution is -2.41. The van der Waals surface area contributed by atoms with Crippen LogP contribution in [0.25, 0.3) is 10.9 Å². The number of hydrogen-bond acceptors (Lipinski definition) is 7. The molecule has 1 aliphatic rings. The highest BCUT2D eigenvalue weighted by molar-refractivity contribution is 6.03. The van der Waals surface area contributed by atoms with E-state index in [0.717, 1.165) is 0 Å². The molecule has 0 saturated carbocycles. The van der Waals surface area contributed by atoms with Gasteiger partial charge in [0.25, 0.3) is 5.56 Å². The summed E-state index contributed by atoms with van der Waals surface area (Å²) in [6.45, 7) is 3.73. The number of ether oxygens (including phenoxy) is 3. The molecule has 29 heavy (non-hydrogen) atoms. The molecule has 2 atom stereocenters. The van der Waals surface area contributed by atoms with Gasteiger partial charge in [0.05, 0.1) is 43.2 Å².